The fourth-order valence-electron chi connectivity index (χ4n) is 3.42. The van der Waals surface area contributed by atoms with E-state index in [0.29, 0.717) is 13.0 Å². The van der Waals surface area contributed by atoms with Gasteiger partial charge in [0.25, 0.3) is 0 Å². The van der Waals surface area contributed by atoms with Crippen molar-refractivity contribution in [3.05, 3.63) is 54.1 Å². The minimum absolute atomic E-state index is 0.124. The second-order valence-corrected chi connectivity index (χ2v) is 8.05. The Morgan fingerprint density at radius 3 is 2.55 bits per heavy atom. The van der Waals surface area contributed by atoms with Gasteiger partial charge in [0.2, 0.25) is 5.91 Å². The molecule has 0 atom stereocenters. The molecule has 2 aromatic carbocycles. The topological polar surface area (TPSA) is 46.9 Å². The van der Waals surface area contributed by atoms with Crippen LogP contribution in [0.1, 0.15) is 25.8 Å². The minimum Gasteiger partial charge on any atom is -0.494 e. The summed E-state index contributed by atoms with van der Waals surface area (Å²) in [6.45, 7) is 8.06. The van der Waals surface area contributed by atoms with E-state index in [9.17, 15) is 4.79 Å². The molecule has 3 rings (SSSR count). The minimum atomic E-state index is 0.124. The summed E-state index contributed by atoms with van der Waals surface area (Å²) < 4.78 is 6.49. The second-order valence-electron chi connectivity index (χ2n) is 7.04. The summed E-state index contributed by atoms with van der Waals surface area (Å²) in [5, 5.41) is 0.758. The van der Waals surface area contributed by atoms with Gasteiger partial charge in [-0.1, -0.05) is 47.7 Å². The number of anilines is 1. The van der Waals surface area contributed by atoms with Crippen molar-refractivity contribution in [2.75, 3.05) is 38.2 Å². The molecule has 0 aliphatic carbocycles. The van der Waals surface area contributed by atoms with Gasteiger partial charge in [-0.05, 0) is 38.0 Å². The van der Waals surface area contributed by atoms with Gasteiger partial charge in [-0.2, -0.15) is 0 Å². The molecule has 154 valence electrons. The molecule has 0 saturated carbocycles. The number of ether oxygens (including phenoxy) is 1. The van der Waals surface area contributed by atoms with E-state index in [-0.39, 0.29) is 5.91 Å². The maximum atomic E-state index is 13.2. The summed E-state index contributed by atoms with van der Waals surface area (Å²) in [7, 11) is 1.65. The lowest BCUT2D eigenvalue weighted by atomic mass is 10.1. The van der Waals surface area contributed by atoms with Crippen LogP contribution in [-0.2, 0) is 11.2 Å². The molecule has 0 bridgehead atoms. The van der Waals surface area contributed by atoms with E-state index < -0.39 is 0 Å². The number of methoxy groups -OCH3 is 1. The van der Waals surface area contributed by atoms with Crippen LogP contribution in [0.4, 0.5) is 5.13 Å². The number of para-hydroxylation sites is 1. The highest BCUT2D eigenvalue weighted by molar-refractivity contribution is 7.22. The lowest BCUT2D eigenvalue weighted by molar-refractivity contribution is -0.894. The Labute approximate surface area is 176 Å². The van der Waals surface area contributed by atoms with Gasteiger partial charge < -0.3 is 9.64 Å². The van der Waals surface area contributed by atoms with E-state index >= 15 is 0 Å². The summed E-state index contributed by atoms with van der Waals surface area (Å²) in [5.41, 5.74) is 2.01. The van der Waals surface area contributed by atoms with Crippen LogP contribution >= 0.6 is 11.3 Å². The number of amides is 1. The molecule has 0 fully saturated rings. The largest absolute Gasteiger partial charge is 0.494 e. The van der Waals surface area contributed by atoms with Crippen molar-refractivity contribution in [1.29, 1.82) is 0 Å². The molecule has 0 saturated heterocycles. The molecule has 29 heavy (non-hydrogen) atoms. The molecule has 0 aliphatic heterocycles. The van der Waals surface area contributed by atoms with Gasteiger partial charge in [0, 0.05) is 6.42 Å². The van der Waals surface area contributed by atoms with Crippen LogP contribution in [-0.4, -0.2) is 44.2 Å². The van der Waals surface area contributed by atoms with Crippen LogP contribution in [0.2, 0.25) is 0 Å². The number of nitrogens with one attached hydrogen (secondary N) is 1. The first-order valence-electron chi connectivity index (χ1n) is 10.3. The maximum Gasteiger partial charge on any atom is 0.229 e. The van der Waals surface area contributed by atoms with E-state index in [4.69, 9.17) is 9.72 Å². The molecule has 1 aromatic heterocycles. The number of benzene rings is 2. The van der Waals surface area contributed by atoms with E-state index in [1.807, 2.05) is 41.3 Å². The molecule has 0 unspecified atom stereocenters. The van der Waals surface area contributed by atoms with Crippen molar-refractivity contribution < 1.29 is 14.4 Å². The predicted octanol–water partition coefficient (Wildman–Crippen LogP) is 3.20. The molecule has 1 heterocycles. The second kappa shape index (κ2) is 10.4. The molecule has 1 amide bonds. The number of aryl methyl sites for hydroxylation is 1. The Kier molecular flexibility index (Phi) is 7.61. The van der Waals surface area contributed by atoms with Crippen LogP contribution in [0.3, 0.4) is 0 Å². The summed E-state index contributed by atoms with van der Waals surface area (Å²) >= 11 is 1.56. The average Bonchev–Trinajstić information content (AvgIpc) is 3.20. The number of hydrogen-bond acceptors (Lipinski definition) is 4. The quantitative estimate of drug-likeness (QED) is 0.556. The average molecular weight is 413 g/mol. The number of quaternary nitrogens is 1. The van der Waals surface area contributed by atoms with Crippen LogP contribution in [0, 0.1) is 0 Å². The Balaban J connectivity index is 1.83. The third-order valence-electron chi connectivity index (χ3n) is 5.28. The highest BCUT2D eigenvalue weighted by Gasteiger charge is 2.22. The number of carbonyl (C=O) groups is 1. The van der Waals surface area contributed by atoms with Crippen LogP contribution in [0.15, 0.2) is 48.5 Å². The van der Waals surface area contributed by atoms with E-state index in [1.54, 1.807) is 18.4 Å². The summed E-state index contributed by atoms with van der Waals surface area (Å²) in [4.78, 5) is 21.3. The van der Waals surface area contributed by atoms with Crippen molar-refractivity contribution in [3.63, 3.8) is 0 Å². The number of rotatable bonds is 10. The van der Waals surface area contributed by atoms with Crippen molar-refractivity contribution in [2.24, 2.45) is 0 Å². The monoisotopic (exact) mass is 412 g/mol. The number of thiazole rings is 1. The molecule has 0 spiro atoms. The molecular weight excluding hydrogens is 382 g/mol. The zero-order valence-corrected chi connectivity index (χ0v) is 18.3. The molecule has 3 aromatic rings. The van der Waals surface area contributed by atoms with Crippen molar-refractivity contribution in [3.8, 4) is 5.75 Å². The first kappa shape index (κ1) is 21.3. The number of hydrogen-bond donors (Lipinski definition) is 1. The van der Waals surface area contributed by atoms with Crippen LogP contribution < -0.4 is 14.5 Å². The summed E-state index contributed by atoms with van der Waals surface area (Å²) in [6.07, 6.45) is 1.22. The standard InChI is InChI=1S/C23H29N3O2S/c1-4-25(5-2)16-17-26(21(27)15-14-18-10-7-6-8-11-18)23-24-22-19(28-3)12-9-13-20(22)29-23/h6-13H,4-5,14-17H2,1-3H3/p+1. The molecule has 5 nitrogen and oxygen atoms in total. The first-order valence-corrected chi connectivity index (χ1v) is 11.1. The van der Waals surface area contributed by atoms with Gasteiger partial charge in [-0.15, -0.1) is 0 Å². The highest BCUT2D eigenvalue weighted by atomic mass is 32.1. The fraction of sp³-hybridized carbons (Fsp3) is 0.391. The van der Waals surface area contributed by atoms with Crippen LogP contribution in [0.25, 0.3) is 10.2 Å². The van der Waals surface area contributed by atoms with Gasteiger partial charge in [0.15, 0.2) is 5.13 Å². The number of nitrogens with zero attached hydrogens (tertiary/aromatic N) is 2. The number of aromatic nitrogens is 1. The molecule has 1 N–H and O–H groups in total. The summed E-state index contributed by atoms with van der Waals surface area (Å²) in [6, 6.07) is 16.1. The van der Waals surface area contributed by atoms with Crippen molar-refractivity contribution >= 4 is 32.6 Å². The molecule has 6 heteroatoms. The van der Waals surface area contributed by atoms with Gasteiger partial charge in [-0.3, -0.25) is 9.69 Å². The summed E-state index contributed by atoms with van der Waals surface area (Å²) in [5.74, 6) is 0.870. The molecule has 0 radical (unpaired) electrons. The highest BCUT2D eigenvalue weighted by Crippen LogP contribution is 2.34. The predicted molar refractivity (Wildman–Crippen MR) is 120 cm³/mol. The normalized spacial score (nSPS) is 11.2. The smallest absolute Gasteiger partial charge is 0.229 e. The van der Waals surface area contributed by atoms with E-state index in [1.165, 1.54) is 10.5 Å². The van der Waals surface area contributed by atoms with Crippen molar-refractivity contribution in [1.82, 2.24) is 4.98 Å². The number of fused-ring (bicyclic) bond motifs is 1. The first-order chi connectivity index (χ1) is 14.2. The van der Waals surface area contributed by atoms with Gasteiger partial charge >= 0.3 is 0 Å². The third-order valence-corrected chi connectivity index (χ3v) is 6.33. The molecule has 0 aliphatic rings. The van der Waals surface area contributed by atoms with Gasteiger partial charge in [0.05, 0.1) is 38.0 Å². The van der Waals surface area contributed by atoms with Gasteiger partial charge in [-0.25, -0.2) is 4.98 Å². The van der Waals surface area contributed by atoms with Crippen molar-refractivity contribution in [2.45, 2.75) is 26.7 Å². The van der Waals surface area contributed by atoms with Crippen LogP contribution in [0.5, 0.6) is 5.75 Å². The lowest BCUT2D eigenvalue weighted by Gasteiger charge is -2.23. The van der Waals surface area contributed by atoms with E-state index in [2.05, 4.69) is 26.0 Å². The Morgan fingerprint density at radius 2 is 1.86 bits per heavy atom. The third kappa shape index (κ3) is 5.34. The zero-order valence-electron chi connectivity index (χ0n) is 17.5. The molecular formula is C23H30N3O2S+. The van der Waals surface area contributed by atoms with Gasteiger partial charge in [0.1, 0.15) is 11.3 Å². The fourth-order valence-corrected chi connectivity index (χ4v) is 4.45. The van der Waals surface area contributed by atoms with E-state index in [0.717, 1.165) is 47.2 Å². The Hall–Kier alpha value is -2.44. The Morgan fingerprint density at radius 1 is 1.10 bits per heavy atom. The number of carbonyl (C=O) groups excluding carboxylic acids is 1. The zero-order chi connectivity index (χ0) is 20.6. The number of likely N-dealkylation sites (N-methyl/N-ethyl adjacent to an activating group) is 1. The lowest BCUT2D eigenvalue weighted by Crippen LogP contribution is -3.12. The maximum absolute atomic E-state index is 13.2. The Bertz CT molecular complexity index is 922. The SMILES string of the molecule is CC[NH+](CC)CCN(C(=O)CCc1ccccc1)c1nc2c(OC)cccc2s1.